The Morgan fingerprint density at radius 1 is 0.633 bits per heavy atom. The van der Waals surface area contributed by atoms with Crippen LogP contribution in [0.25, 0.3) is 0 Å². The molecule has 0 amide bonds. The van der Waals surface area contributed by atoms with E-state index in [0.717, 1.165) is 5.56 Å². The minimum absolute atomic E-state index is 0.232. The minimum Gasteiger partial charge on any atom is -0.394 e. The summed E-state index contributed by atoms with van der Waals surface area (Å²) in [5.74, 6) is 0. The highest BCUT2D eigenvalue weighted by Gasteiger charge is 2.51. The fraction of sp³-hybridized carbons (Fsp3) is 0.806. The second-order valence-electron chi connectivity index (χ2n) is 12.8. The number of rotatable bonds is 12. The first-order chi connectivity index (χ1) is 23.4. The first kappa shape index (κ1) is 38.7. The van der Waals surface area contributed by atoms with E-state index < -0.39 is 124 Å². The van der Waals surface area contributed by atoms with Gasteiger partial charge in [0.15, 0.2) is 18.9 Å². The van der Waals surface area contributed by atoms with Crippen molar-refractivity contribution in [2.24, 2.45) is 0 Å². The van der Waals surface area contributed by atoms with Crippen LogP contribution in [-0.4, -0.2) is 200 Å². The molecular weight excluding hydrogens is 658 g/mol. The zero-order chi connectivity index (χ0) is 35.4. The van der Waals surface area contributed by atoms with Crippen LogP contribution in [-0.2, 0) is 39.7 Å². The standard InChI is InChI=1S/C31H49NO17/c1-14-21(36)28(49-31-26(41)25(40)22(37)17(11-34)47-31)24(39)19(44-14)13-43-30-27(42)29(23(38)18(12-35)46-30)48-20-9-32(8-16(10-33)45-20)7-15-5-3-2-4-6-15/h2-6,14,16-31,33-42H,7-13H2,1H3. The van der Waals surface area contributed by atoms with Crippen LogP contribution in [0.3, 0.4) is 0 Å². The number of hydrogen-bond donors (Lipinski definition) is 10. The number of benzene rings is 1. The molecule has 17 unspecified atom stereocenters. The highest BCUT2D eigenvalue weighted by molar-refractivity contribution is 5.14. The second-order valence-corrected chi connectivity index (χ2v) is 12.8. The summed E-state index contributed by atoms with van der Waals surface area (Å²) < 4.78 is 40.0. The normalized spacial score (nSPS) is 45.3. The Morgan fingerprint density at radius 3 is 1.94 bits per heavy atom. The van der Waals surface area contributed by atoms with Gasteiger partial charge in [0.25, 0.3) is 0 Å². The second kappa shape index (κ2) is 17.3. The molecule has 0 saturated carbocycles. The molecule has 4 saturated heterocycles. The lowest BCUT2D eigenvalue weighted by atomic mass is 9.94. The van der Waals surface area contributed by atoms with Gasteiger partial charge in [-0.15, -0.1) is 0 Å². The molecule has 0 aliphatic carbocycles. The summed E-state index contributed by atoms with van der Waals surface area (Å²) in [6.45, 7) is 0.506. The van der Waals surface area contributed by atoms with E-state index in [2.05, 4.69) is 0 Å². The zero-order valence-electron chi connectivity index (χ0n) is 26.9. The molecule has 0 bridgehead atoms. The minimum atomic E-state index is -1.79. The lowest BCUT2D eigenvalue weighted by Crippen LogP contribution is -2.65. The fourth-order valence-corrected chi connectivity index (χ4v) is 6.49. The predicted octanol–water partition coefficient (Wildman–Crippen LogP) is -5.26. The lowest BCUT2D eigenvalue weighted by Gasteiger charge is -2.47. The first-order valence-corrected chi connectivity index (χ1v) is 16.3. The zero-order valence-corrected chi connectivity index (χ0v) is 26.9. The fourth-order valence-electron chi connectivity index (χ4n) is 6.49. The molecule has 49 heavy (non-hydrogen) atoms. The van der Waals surface area contributed by atoms with Crippen molar-refractivity contribution in [3.8, 4) is 0 Å². The number of aliphatic hydroxyl groups is 10. The van der Waals surface area contributed by atoms with Gasteiger partial charge in [0.2, 0.25) is 0 Å². The predicted molar refractivity (Wildman–Crippen MR) is 161 cm³/mol. The third-order valence-corrected chi connectivity index (χ3v) is 9.29. The number of hydrogen-bond acceptors (Lipinski definition) is 18. The maximum Gasteiger partial charge on any atom is 0.187 e. The Labute approximate surface area is 282 Å². The van der Waals surface area contributed by atoms with Crippen LogP contribution in [0.15, 0.2) is 30.3 Å². The van der Waals surface area contributed by atoms with Crippen LogP contribution in [0.5, 0.6) is 0 Å². The van der Waals surface area contributed by atoms with Crippen molar-refractivity contribution in [3.05, 3.63) is 35.9 Å². The molecule has 4 aliphatic rings. The molecule has 18 nitrogen and oxygen atoms in total. The van der Waals surface area contributed by atoms with Gasteiger partial charge in [-0.25, -0.2) is 0 Å². The Balaban J connectivity index is 1.23. The molecule has 17 atom stereocenters. The molecule has 18 heteroatoms. The van der Waals surface area contributed by atoms with Gasteiger partial charge < -0.3 is 84.2 Å². The van der Waals surface area contributed by atoms with Crippen molar-refractivity contribution in [2.45, 2.75) is 118 Å². The van der Waals surface area contributed by atoms with Crippen molar-refractivity contribution in [1.82, 2.24) is 4.90 Å². The monoisotopic (exact) mass is 707 g/mol. The topological polar surface area (TPSA) is 270 Å². The summed E-state index contributed by atoms with van der Waals surface area (Å²) in [6.07, 6.45) is -23.8. The van der Waals surface area contributed by atoms with E-state index in [1.807, 2.05) is 35.2 Å². The number of nitrogens with zero attached hydrogens (tertiary/aromatic N) is 1. The van der Waals surface area contributed by atoms with Gasteiger partial charge in [-0.2, -0.15) is 0 Å². The van der Waals surface area contributed by atoms with Crippen molar-refractivity contribution in [3.63, 3.8) is 0 Å². The Kier molecular flexibility index (Phi) is 13.7. The van der Waals surface area contributed by atoms with E-state index in [0.29, 0.717) is 13.1 Å². The third kappa shape index (κ3) is 8.94. The summed E-state index contributed by atoms with van der Waals surface area (Å²) in [6, 6.07) is 9.63. The smallest absolute Gasteiger partial charge is 0.187 e. The Bertz CT molecular complexity index is 1140. The molecule has 0 aromatic heterocycles. The summed E-state index contributed by atoms with van der Waals surface area (Å²) in [7, 11) is 0. The van der Waals surface area contributed by atoms with E-state index in [9.17, 15) is 51.1 Å². The summed E-state index contributed by atoms with van der Waals surface area (Å²) in [5.41, 5.74) is 1.02. The molecule has 4 aliphatic heterocycles. The van der Waals surface area contributed by atoms with Crippen LogP contribution < -0.4 is 0 Å². The van der Waals surface area contributed by atoms with Crippen molar-refractivity contribution < 1.29 is 84.2 Å². The average Bonchev–Trinajstić information content (AvgIpc) is 3.10. The van der Waals surface area contributed by atoms with Crippen LogP contribution in [0.2, 0.25) is 0 Å². The van der Waals surface area contributed by atoms with Crippen LogP contribution in [0.1, 0.15) is 12.5 Å². The van der Waals surface area contributed by atoms with Crippen LogP contribution in [0.4, 0.5) is 0 Å². The molecular formula is C31H49NO17. The summed E-state index contributed by atoms with van der Waals surface area (Å²) in [5, 5.41) is 104. The SMILES string of the molecule is CC1OC(COC2OC(CO)C(O)C(OC3CN(Cc4ccccc4)CC(CO)O3)C2O)C(O)C(OC2OC(CO)C(O)C(O)C2O)C1O. The van der Waals surface area contributed by atoms with Crippen molar-refractivity contribution in [2.75, 3.05) is 39.5 Å². The molecule has 1 aromatic carbocycles. The molecule has 5 rings (SSSR count). The highest BCUT2D eigenvalue weighted by atomic mass is 16.7. The maximum atomic E-state index is 11.2. The molecule has 280 valence electrons. The van der Waals surface area contributed by atoms with E-state index in [1.165, 1.54) is 6.92 Å². The molecule has 10 N–H and O–H groups in total. The number of ether oxygens (including phenoxy) is 7. The summed E-state index contributed by atoms with van der Waals surface area (Å²) in [4.78, 5) is 2.00. The van der Waals surface area contributed by atoms with Gasteiger partial charge in [0, 0.05) is 19.6 Å². The van der Waals surface area contributed by atoms with E-state index >= 15 is 0 Å². The van der Waals surface area contributed by atoms with E-state index in [4.69, 9.17) is 33.2 Å². The number of morpholine rings is 1. The molecule has 0 radical (unpaired) electrons. The lowest BCUT2D eigenvalue weighted by molar-refractivity contribution is -0.352. The Hall–Kier alpha value is -1.50. The van der Waals surface area contributed by atoms with Gasteiger partial charge in [-0.05, 0) is 12.5 Å². The van der Waals surface area contributed by atoms with Crippen LogP contribution in [0, 0.1) is 0 Å². The highest BCUT2D eigenvalue weighted by Crippen LogP contribution is 2.31. The van der Waals surface area contributed by atoms with E-state index in [1.54, 1.807) is 0 Å². The third-order valence-electron chi connectivity index (χ3n) is 9.29. The maximum absolute atomic E-state index is 11.2. The molecule has 4 heterocycles. The van der Waals surface area contributed by atoms with Crippen molar-refractivity contribution in [1.29, 1.82) is 0 Å². The van der Waals surface area contributed by atoms with Gasteiger partial charge in [-0.3, -0.25) is 4.90 Å². The summed E-state index contributed by atoms with van der Waals surface area (Å²) >= 11 is 0. The van der Waals surface area contributed by atoms with Gasteiger partial charge in [0.05, 0.1) is 38.6 Å². The van der Waals surface area contributed by atoms with Gasteiger partial charge in [0.1, 0.15) is 73.2 Å². The quantitative estimate of drug-likeness (QED) is 0.0972. The average molecular weight is 708 g/mol. The van der Waals surface area contributed by atoms with Crippen LogP contribution >= 0.6 is 0 Å². The molecule has 4 fully saturated rings. The number of aliphatic hydroxyl groups excluding tert-OH is 10. The molecule has 1 aromatic rings. The van der Waals surface area contributed by atoms with Gasteiger partial charge >= 0.3 is 0 Å². The Morgan fingerprint density at radius 2 is 1.27 bits per heavy atom. The largest absolute Gasteiger partial charge is 0.394 e. The van der Waals surface area contributed by atoms with E-state index in [-0.39, 0.29) is 13.2 Å². The molecule has 0 spiro atoms. The van der Waals surface area contributed by atoms with Crippen molar-refractivity contribution >= 4 is 0 Å². The first-order valence-electron chi connectivity index (χ1n) is 16.3. The van der Waals surface area contributed by atoms with Gasteiger partial charge in [-0.1, -0.05) is 30.3 Å².